The Kier molecular flexibility index (Phi) is 3.66. The summed E-state index contributed by atoms with van der Waals surface area (Å²) in [5.74, 6) is -1.08. The number of amides is 1. The van der Waals surface area contributed by atoms with Crippen molar-refractivity contribution in [3.05, 3.63) is 64.2 Å². The molecule has 0 aromatic heterocycles. The second-order valence-corrected chi connectivity index (χ2v) is 6.79. The summed E-state index contributed by atoms with van der Waals surface area (Å²) in [6.45, 7) is 6.49. The van der Waals surface area contributed by atoms with Crippen molar-refractivity contribution in [2.45, 2.75) is 19.8 Å². The highest BCUT2D eigenvalue weighted by atomic mass is 16.2. The van der Waals surface area contributed by atoms with Crippen LogP contribution in [0.4, 0.5) is 11.4 Å². The molecule has 136 valence electrons. The molecule has 0 spiro atoms. The number of anilines is 2. The predicted octanol–water partition coefficient (Wildman–Crippen LogP) is 2.85. The number of carbonyl (C=O) groups is 3. The van der Waals surface area contributed by atoms with Crippen LogP contribution in [0.25, 0.3) is 5.70 Å². The van der Waals surface area contributed by atoms with Crippen molar-refractivity contribution in [2.24, 2.45) is 0 Å². The molecule has 1 amide bonds. The largest absolute Gasteiger partial charge is 0.398 e. The van der Waals surface area contributed by atoms with E-state index in [1.807, 2.05) is 6.92 Å². The fourth-order valence-corrected chi connectivity index (χ4v) is 3.88. The van der Waals surface area contributed by atoms with E-state index in [0.717, 1.165) is 12.8 Å². The molecule has 2 aromatic rings. The van der Waals surface area contributed by atoms with Gasteiger partial charge in [-0.2, -0.15) is 0 Å². The minimum Gasteiger partial charge on any atom is -0.398 e. The molecule has 0 fully saturated rings. The number of nitrogen functional groups attached to an aromatic ring is 2. The minimum absolute atomic E-state index is 0.00667. The SMILES string of the molecule is C=C1c2c(N)c3c(c(N)c2C(=O)N1CCCC)C(=O)c1ccccc1C3=O. The number of nitrogens with zero attached hydrogens (tertiary/aromatic N) is 1. The van der Waals surface area contributed by atoms with Crippen LogP contribution < -0.4 is 11.5 Å². The molecular weight excluding hydrogens is 342 g/mol. The lowest BCUT2D eigenvalue weighted by Crippen LogP contribution is -2.26. The summed E-state index contributed by atoms with van der Waals surface area (Å²) in [5, 5.41) is 0. The minimum atomic E-state index is -0.391. The van der Waals surface area contributed by atoms with Crippen molar-refractivity contribution >= 4 is 34.5 Å². The summed E-state index contributed by atoms with van der Waals surface area (Å²) in [6, 6.07) is 6.54. The van der Waals surface area contributed by atoms with Gasteiger partial charge in [0.2, 0.25) is 0 Å². The standard InChI is InChI=1S/C21H19N3O3/c1-3-4-9-24-10(2)13-16(21(24)27)18(23)15-14(17(13)22)19(25)11-7-5-6-8-12(11)20(15)26/h5-8H,2-4,9,22-23H2,1H3. The number of fused-ring (bicyclic) bond motifs is 3. The maximum atomic E-state index is 13.1. The molecule has 0 saturated heterocycles. The van der Waals surface area contributed by atoms with Gasteiger partial charge in [0.1, 0.15) is 0 Å². The van der Waals surface area contributed by atoms with E-state index in [0.29, 0.717) is 23.4 Å². The molecule has 4 rings (SSSR count). The van der Waals surface area contributed by atoms with Gasteiger partial charge in [-0.3, -0.25) is 14.4 Å². The molecule has 0 unspecified atom stereocenters. The molecule has 0 radical (unpaired) electrons. The third-order valence-electron chi connectivity index (χ3n) is 5.26. The van der Waals surface area contributed by atoms with Crippen LogP contribution in [0.3, 0.4) is 0 Å². The van der Waals surface area contributed by atoms with Gasteiger partial charge in [-0.05, 0) is 6.42 Å². The van der Waals surface area contributed by atoms with Gasteiger partial charge < -0.3 is 16.4 Å². The molecular formula is C21H19N3O3. The van der Waals surface area contributed by atoms with Crippen molar-refractivity contribution in [2.75, 3.05) is 18.0 Å². The Morgan fingerprint density at radius 1 is 0.889 bits per heavy atom. The second kappa shape index (κ2) is 5.81. The van der Waals surface area contributed by atoms with Gasteiger partial charge in [0, 0.05) is 28.9 Å². The average Bonchev–Trinajstić information content (AvgIpc) is 2.91. The van der Waals surface area contributed by atoms with E-state index in [4.69, 9.17) is 11.5 Å². The summed E-state index contributed by atoms with van der Waals surface area (Å²) in [4.78, 5) is 40.5. The van der Waals surface area contributed by atoms with E-state index in [1.165, 1.54) is 4.90 Å². The number of ketones is 2. The molecule has 4 N–H and O–H groups in total. The maximum absolute atomic E-state index is 13.1. The van der Waals surface area contributed by atoms with Crippen LogP contribution in [0, 0.1) is 0 Å². The summed E-state index contributed by atoms with van der Waals surface area (Å²) < 4.78 is 0. The van der Waals surface area contributed by atoms with Gasteiger partial charge in [-0.1, -0.05) is 44.2 Å². The molecule has 0 bridgehead atoms. The molecule has 2 aromatic carbocycles. The van der Waals surface area contributed by atoms with Crippen LogP contribution in [0.5, 0.6) is 0 Å². The summed E-state index contributed by atoms with van der Waals surface area (Å²) in [6.07, 6.45) is 1.70. The lowest BCUT2D eigenvalue weighted by Gasteiger charge is -2.22. The van der Waals surface area contributed by atoms with Crippen LogP contribution in [-0.4, -0.2) is 28.9 Å². The third-order valence-corrected chi connectivity index (χ3v) is 5.26. The van der Waals surface area contributed by atoms with Crippen molar-refractivity contribution in [3.63, 3.8) is 0 Å². The zero-order valence-electron chi connectivity index (χ0n) is 15.0. The van der Waals surface area contributed by atoms with Gasteiger partial charge in [0.05, 0.1) is 28.1 Å². The highest BCUT2D eigenvalue weighted by Crippen LogP contribution is 2.45. The highest BCUT2D eigenvalue weighted by Gasteiger charge is 2.42. The zero-order valence-corrected chi connectivity index (χ0v) is 15.0. The van der Waals surface area contributed by atoms with Crippen LogP contribution >= 0.6 is 0 Å². The first kappa shape index (κ1) is 17.0. The van der Waals surface area contributed by atoms with Gasteiger partial charge in [0.15, 0.2) is 11.6 Å². The number of rotatable bonds is 3. The Morgan fingerprint density at radius 2 is 1.41 bits per heavy atom. The van der Waals surface area contributed by atoms with Crippen molar-refractivity contribution in [1.82, 2.24) is 4.90 Å². The molecule has 1 aliphatic heterocycles. The second-order valence-electron chi connectivity index (χ2n) is 6.79. The topological polar surface area (TPSA) is 106 Å². The van der Waals surface area contributed by atoms with E-state index in [1.54, 1.807) is 24.3 Å². The molecule has 6 nitrogen and oxygen atoms in total. The number of unbranched alkanes of at least 4 members (excludes halogenated alkanes) is 1. The molecule has 0 atom stereocenters. The average molecular weight is 361 g/mol. The number of hydrogen-bond acceptors (Lipinski definition) is 5. The van der Waals surface area contributed by atoms with Crippen LogP contribution in [0.15, 0.2) is 30.8 Å². The Bertz CT molecular complexity index is 989. The molecule has 27 heavy (non-hydrogen) atoms. The molecule has 2 aliphatic rings. The van der Waals surface area contributed by atoms with E-state index in [9.17, 15) is 14.4 Å². The number of nitrogens with two attached hydrogens (primary N) is 2. The van der Waals surface area contributed by atoms with Crippen molar-refractivity contribution in [3.8, 4) is 0 Å². The fourth-order valence-electron chi connectivity index (χ4n) is 3.88. The first-order valence-electron chi connectivity index (χ1n) is 8.84. The Hall–Kier alpha value is -3.41. The van der Waals surface area contributed by atoms with Gasteiger partial charge in [0.25, 0.3) is 5.91 Å². The van der Waals surface area contributed by atoms with Gasteiger partial charge in [-0.25, -0.2) is 0 Å². The van der Waals surface area contributed by atoms with Crippen molar-refractivity contribution in [1.29, 1.82) is 0 Å². The number of benzene rings is 2. The molecule has 1 aliphatic carbocycles. The number of carbonyl (C=O) groups excluding carboxylic acids is 3. The van der Waals surface area contributed by atoms with Crippen LogP contribution in [0.1, 0.15) is 67.5 Å². The zero-order chi connectivity index (χ0) is 19.5. The predicted molar refractivity (Wildman–Crippen MR) is 104 cm³/mol. The first-order valence-corrected chi connectivity index (χ1v) is 8.84. The summed E-state index contributed by atoms with van der Waals surface area (Å²) in [7, 11) is 0. The van der Waals surface area contributed by atoms with E-state index in [-0.39, 0.29) is 45.3 Å². The Morgan fingerprint density at radius 3 is 1.93 bits per heavy atom. The molecule has 0 saturated carbocycles. The van der Waals surface area contributed by atoms with E-state index < -0.39 is 5.78 Å². The van der Waals surface area contributed by atoms with Gasteiger partial charge in [-0.15, -0.1) is 0 Å². The monoisotopic (exact) mass is 361 g/mol. The van der Waals surface area contributed by atoms with Crippen LogP contribution in [0.2, 0.25) is 0 Å². The molecule has 1 heterocycles. The van der Waals surface area contributed by atoms with Crippen LogP contribution in [-0.2, 0) is 0 Å². The lowest BCUT2D eigenvalue weighted by molar-refractivity contribution is 0.0849. The summed E-state index contributed by atoms with van der Waals surface area (Å²) in [5.41, 5.74) is 14.3. The Balaban J connectivity index is 1.99. The maximum Gasteiger partial charge on any atom is 0.261 e. The Labute approximate surface area is 156 Å². The summed E-state index contributed by atoms with van der Waals surface area (Å²) >= 11 is 0. The highest BCUT2D eigenvalue weighted by molar-refractivity contribution is 6.34. The fraction of sp³-hybridized carbons (Fsp3) is 0.190. The first-order chi connectivity index (χ1) is 12.9. The van der Waals surface area contributed by atoms with Gasteiger partial charge >= 0.3 is 0 Å². The molecule has 6 heteroatoms. The number of hydrogen-bond donors (Lipinski definition) is 2. The van der Waals surface area contributed by atoms with E-state index in [2.05, 4.69) is 6.58 Å². The lowest BCUT2D eigenvalue weighted by atomic mass is 9.80. The van der Waals surface area contributed by atoms with E-state index >= 15 is 0 Å². The quantitative estimate of drug-likeness (QED) is 0.551. The van der Waals surface area contributed by atoms with Crippen molar-refractivity contribution < 1.29 is 14.4 Å². The third kappa shape index (κ3) is 2.10. The smallest absolute Gasteiger partial charge is 0.261 e. The normalized spacial score (nSPS) is 15.1.